The van der Waals surface area contributed by atoms with Crippen molar-refractivity contribution in [1.29, 1.82) is 0 Å². The van der Waals surface area contributed by atoms with E-state index in [2.05, 4.69) is 55.8 Å². The molecule has 4 aromatic rings. The summed E-state index contributed by atoms with van der Waals surface area (Å²) in [6, 6.07) is 11.1. The van der Waals surface area contributed by atoms with E-state index in [9.17, 15) is 9.18 Å². The van der Waals surface area contributed by atoms with Crippen LogP contribution in [0.1, 0.15) is 25.7 Å². The number of likely N-dealkylation sites (tertiary alicyclic amines) is 1. The van der Waals surface area contributed by atoms with E-state index in [4.69, 9.17) is 0 Å². The number of piperidine rings is 2. The Morgan fingerprint density at radius 1 is 1.00 bits per heavy atom. The molecule has 0 unspecified atom stereocenters. The number of hydrogen-bond donors (Lipinski definition) is 1. The summed E-state index contributed by atoms with van der Waals surface area (Å²) in [5, 5.41) is 3.60. The monoisotopic (exact) mass is 528 g/mol. The van der Waals surface area contributed by atoms with Crippen molar-refractivity contribution in [1.82, 2.24) is 29.2 Å². The van der Waals surface area contributed by atoms with Crippen LogP contribution in [-0.4, -0.2) is 62.4 Å². The van der Waals surface area contributed by atoms with Crippen LogP contribution in [0.2, 0.25) is 0 Å². The molecule has 10 heteroatoms. The van der Waals surface area contributed by atoms with E-state index in [1.165, 1.54) is 67.5 Å². The van der Waals surface area contributed by atoms with E-state index in [0.29, 0.717) is 28.2 Å². The summed E-state index contributed by atoms with van der Waals surface area (Å²) in [6.07, 6.45) is 9.37. The number of hydrogen-bond acceptors (Lipinski definition) is 7. The molecular formula is C29H33FN8O. The fourth-order valence-electron chi connectivity index (χ4n) is 5.82. The van der Waals surface area contributed by atoms with E-state index >= 15 is 0 Å². The maximum Gasteiger partial charge on any atom is 0.278 e. The maximum absolute atomic E-state index is 13.5. The van der Waals surface area contributed by atoms with Gasteiger partial charge in [0.15, 0.2) is 11.5 Å². The highest BCUT2D eigenvalue weighted by molar-refractivity contribution is 5.77. The molecule has 2 aliphatic rings. The van der Waals surface area contributed by atoms with Crippen LogP contribution < -0.4 is 15.8 Å². The van der Waals surface area contributed by atoms with Gasteiger partial charge >= 0.3 is 0 Å². The van der Waals surface area contributed by atoms with Crippen LogP contribution in [-0.2, 0) is 6.54 Å². The Bertz CT molecular complexity index is 1520. The second-order valence-electron chi connectivity index (χ2n) is 10.7. The number of benzene rings is 1. The zero-order chi connectivity index (χ0) is 27.0. The Hall–Kier alpha value is -4.05. The smallest absolute Gasteiger partial charge is 0.278 e. The number of pyridine rings is 1. The van der Waals surface area contributed by atoms with Crippen LogP contribution in [0.5, 0.6) is 0 Å². The van der Waals surface area contributed by atoms with Crippen molar-refractivity contribution >= 4 is 28.4 Å². The molecule has 0 amide bonds. The topological polar surface area (TPSA) is 84.1 Å². The normalized spacial score (nSPS) is 17.5. The Morgan fingerprint density at radius 2 is 1.72 bits per heavy atom. The molecule has 1 spiro atoms. The third-order valence-electron chi connectivity index (χ3n) is 8.27. The van der Waals surface area contributed by atoms with E-state index in [-0.39, 0.29) is 12.1 Å². The van der Waals surface area contributed by atoms with Crippen molar-refractivity contribution in [3.63, 3.8) is 0 Å². The average Bonchev–Trinajstić information content (AvgIpc) is 3.23. The summed E-state index contributed by atoms with van der Waals surface area (Å²) >= 11 is 0. The number of aromatic nitrogens is 5. The molecule has 0 atom stereocenters. The molecule has 0 saturated carbocycles. The highest BCUT2D eigenvalue weighted by atomic mass is 19.1. The lowest BCUT2D eigenvalue weighted by Crippen LogP contribution is -2.46. The third kappa shape index (κ3) is 4.92. The fraction of sp³-hybridized carbons (Fsp3) is 0.379. The molecule has 39 heavy (non-hydrogen) atoms. The van der Waals surface area contributed by atoms with Crippen LogP contribution in [0, 0.1) is 11.2 Å². The van der Waals surface area contributed by atoms with Crippen molar-refractivity contribution in [3.05, 3.63) is 77.6 Å². The summed E-state index contributed by atoms with van der Waals surface area (Å²) in [5.74, 6) is 0.270. The van der Waals surface area contributed by atoms with Gasteiger partial charge in [0.25, 0.3) is 5.56 Å². The molecule has 0 radical (unpaired) electrons. The van der Waals surface area contributed by atoms with Crippen LogP contribution in [0.3, 0.4) is 0 Å². The molecule has 202 valence electrons. The summed E-state index contributed by atoms with van der Waals surface area (Å²) in [5.41, 5.74) is 2.70. The first-order valence-corrected chi connectivity index (χ1v) is 13.5. The van der Waals surface area contributed by atoms with Crippen LogP contribution in [0.25, 0.3) is 16.9 Å². The number of fused-ring (bicyclic) bond motifs is 1. The van der Waals surface area contributed by atoms with Gasteiger partial charge in [-0.1, -0.05) is 6.08 Å². The van der Waals surface area contributed by atoms with Gasteiger partial charge in [0.1, 0.15) is 11.2 Å². The molecule has 2 fully saturated rings. The summed E-state index contributed by atoms with van der Waals surface area (Å²) in [6.45, 7) is 8.60. The maximum atomic E-state index is 13.5. The minimum atomic E-state index is -0.459. The lowest BCUT2D eigenvalue weighted by atomic mass is 9.71. The van der Waals surface area contributed by atoms with E-state index in [0.717, 1.165) is 25.0 Å². The summed E-state index contributed by atoms with van der Waals surface area (Å²) in [4.78, 5) is 31.1. The quantitative estimate of drug-likeness (QED) is 0.372. The first-order chi connectivity index (χ1) is 18.9. The summed E-state index contributed by atoms with van der Waals surface area (Å²) in [7, 11) is 2.22. The number of nitrogens with zero attached hydrogens (tertiary/aromatic N) is 7. The molecule has 0 bridgehead atoms. The number of halogens is 1. The third-order valence-corrected chi connectivity index (χ3v) is 8.27. The summed E-state index contributed by atoms with van der Waals surface area (Å²) < 4.78 is 16.6. The van der Waals surface area contributed by atoms with Crippen LogP contribution >= 0.6 is 0 Å². The van der Waals surface area contributed by atoms with Gasteiger partial charge in [0.2, 0.25) is 5.95 Å². The Labute approximate surface area is 226 Å². The zero-order valence-corrected chi connectivity index (χ0v) is 22.2. The minimum Gasteiger partial charge on any atom is -0.371 e. The van der Waals surface area contributed by atoms with E-state index in [1.807, 2.05) is 12.1 Å². The average molecular weight is 529 g/mol. The number of allylic oxidation sites excluding steroid dienone is 1. The van der Waals surface area contributed by atoms with Crippen molar-refractivity contribution in [2.45, 2.75) is 32.2 Å². The lowest BCUT2D eigenvalue weighted by Gasteiger charge is -2.46. The van der Waals surface area contributed by atoms with Crippen LogP contribution in [0.4, 0.5) is 21.7 Å². The van der Waals surface area contributed by atoms with Crippen molar-refractivity contribution in [2.75, 3.05) is 43.4 Å². The van der Waals surface area contributed by atoms with E-state index < -0.39 is 5.82 Å². The zero-order valence-electron chi connectivity index (χ0n) is 22.2. The van der Waals surface area contributed by atoms with Gasteiger partial charge in [0.05, 0.1) is 12.7 Å². The predicted molar refractivity (Wildman–Crippen MR) is 151 cm³/mol. The molecule has 1 N–H and O–H groups in total. The molecule has 5 heterocycles. The van der Waals surface area contributed by atoms with Gasteiger partial charge in [-0.2, -0.15) is 4.98 Å². The molecule has 2 saturated heterocycles. The first kappa shape index (κ1) is 25.2. The van der Waals surface area contributed by atoms with Crippen molar-refractivity contribution in [2.24, 2.45) is 5.41 Å². The molecule has 2 aliphatic heterocycles. The predicted octanol–water partition coefficient (Wildman–Crippen LogP) is 4.36. The lowest BCUT2D eigenvalue weighted by molar-refractivity contribution is 0.0945. The standard InChI is InChI=1S/C29H33FN8O/c1-3-14-37-27(39)24-20-32-28(34-26(24)38(37)25-9-4-21(30)19-31-25)33-22-5-7-23(8-6-22)36-17-12-29(13-18-36)10-15-35(2)16-11-29/h3-9,19-20H,1,10-18H2,2H3,(H,32,33,34). The highest BCUT2D eigenvalue weighted by Crippen LogP contribution is 2.42. The number of anilines is 3. The molecule has 3 aromatic heterocycles. The van der Waals surface area contributed by atoms with Gasteiger partial charge < -0.3 is 15.1 Å². The number of nitrogens with one attached hydrogen (secondary N) is 1. The Morgan fingerprint density at radius 3 is 2.38 bits per heavy atom. The van der Waals surface area contributed by atoms with E-state index in [1.54, 1.807) is 10.8 Å². The van der Waals surface area contributed by atoms with Crippen molar-refractivity contribution < 1.29 is 4.39 Å². The first-order valence-electron chi connectivity index (χ1n) is 13.5. The van der Waals surface area contributed by atoms with Gasteiger partial charge in [-0.15, -0.1) is 6.58 Å². The Kier molecular flexibility index (Phi) is 6.64. The van der Waals surface area contributed by atoms with Gasteiger partial charge in [-0.25, -0.2) is 23.7 Å². The molecule has 0 aliphatic carbocycles. The molecular weight excluding hydrogens is 495 g/mol. The fourth-order valence-corrected chi connectivity index (χ4v) is 5.82. The van der Waals surface area contributed by atoms with Gasteiger partial charge in [-0.3, -0.25) is 4.79 Å². The number of rotatable bonds is 6. The molecule has 1 aromatic carbocycles. The second-order valence-corrected chi connectivity index (χ2v) is 10.7. The minimum absolute atomic E-state index is 0.243. The Balaban J connectivity index is 1.21. The SMILES string of the molecule is C=CCn1c(=O)c2cnc(Nc3ccc(N4CCC5(CCN(C)CC5)CC4)cc3)nc2n1-c1ccc(F)cn1. The molecule has 9 nitrogen and oxygen atoms in total. The van der Waals surface area contributed by atoms with Gasteiger partial charge in [0, 0.05) is 30.7 Å². The van der Waals surface area contributed by atoms with Crippen molar-refractivity contribution in [3.8, 4) is 5.82 Å². The van der Waals surface area contributed by atoms with Gasteiger partial charge in [-0.05, 0) is 87.6 Å². The second kappa shape index (κ2) is 10.3. The molecule has 6 rings (SSSR count). The highest BCUT2D eigenvalue weighted by Gasteiger charge is 2.36. The van der Waals surface area contributed by atoms with Crippen LogP contribution in [0.15, 0.2) is 66.2 Å². The largest absolute Gasteiger partial charge is 0.371 e.